The highest BCUT2D eigenvalue weighted by Crippen LogP contribution is 2.05. The number of carboxylic acids is 1. The molecule has 5 nitrogen and oxygen atoms in total. The van der Waals surface area contributed by atoms with Gasteiger partial charge in [0, 0.05) is 11.9 Å². The van der Waals surface area contributed by atoms with Crippen LogP contribution in [0.15, 0.2) is 24.4 Å². The average molecular weight is 250 g/mol. The highest BCUT2D eigenvalue weighted by Gasteiger charge is 2.21. The number of carbonyl (C=O) groups excluding carboxylic acids is 1. The zero-order valence-corrected chi connectivity index (χ0v) is 10.6. The Balaban J connectivity index is 2.54. The van der Waals surface area contributed by atoms with Crippen molar-refractivity contribution in [2.24, 2.45) is 5.92 Å². The van der Waals surface area contributed by atoms with Crippen LogP contribution in [-0.4, -0.2) is 28.0 Å². The molecule has 1 rings (SSSR count). The first-order valence-electron chi connectivity index (χ1n) is 5.91. The molecule has 1 atom stereocenters. The van der Waals surface area contributed by atoms with Gasteiger partial charge in [0.25, 0.3) is 0 Å². The van der Waals surface area contributed by atoms with Crippen LogP contribution in [0.2, 0.25) is 0 Å². The molecule has 0 radical (unpaired) electrons. The monoisotopic (exact) mass is 250 g/mol. The first-order chi connectivity index (χ1) is 8.49. The summed E-state index contributed by atoms with van der Waals surface area (Å²) in [5, 5.41) is 11.5. The molecule has 1 amide bonds. The fourth-order valence-electron chi connectivity index (χ4n) is 1.61. The van der Waals surface area contributed by atoms with Gasteiger partial charge in [-0.15, -0.1) is 0 Å². The Kier molecular flexibility index (Phi) is 5.30. The van der Waals surface area contributed by atoms with Crippen LogP contribution >= 0.6 is 0 Å². The Morgan fingerprint density at radius 2 is 2.11 bits per heavy atom. The summed E-state index contributed by atoms with van der Waals surface area (Å²) >= 11 is 0. The third-order valence-electron chi connectivity index (χ3n) is 2.41. The van der Waals surface area contributed by atoms with Crippen LogP contribution < -0.4 is 5.32 Å². The van der Waals surface area contributed by atoms with E-state index in [1.54, 1.807) is 24.4 Å². The predicted molar refractivity (Wildman–Crippen MR) is 67.0 cm³/mol. The van der Waals surface area contributed by atoms with Crippen LogP contribution in [0.3, 0.4) is 0 Å². The lowest BCUT2D eigenvalue weighted by Crippen LogP contribution is -2.42. The van der Waals surface area contributed by atoms with Crippen molar-refractivity contribution in [1.82, 2.24) is 10.3 Å². The van der Waals surface area contributed by atoms with E-state index in [2.05, 4.69) is 10.3 Å². The molecule has 5 heteroatoms. The van der Waals surface area contributed by atoms with E-state index in [-0.39, 0.29) is 18.2 Å². The van der Waals surface area contributed by atoms with Crippen LogP contribution in [0.5, 0.6) is 0 Å². The summed E-state index contributed by atoms with van der Waals surface area (Å²) in [5.41, 5.74) is 0.628. The molecular formula is C13H18N2O3. The van der Waals surface area contributed by atoms with Crippen molar-refractivity contribution in [2.75, 3.05) is 0 Å². The van der Waals surface area contributed by atoms with Crippen molar-refractivity contribution in [1.29, 1.82) is 0 Å². The van der Waals surface area contributed by atoms with Gasteiger partial charge < -0.3 is 10.4 Å². The number of nitrogens with zero attached hydrogens (tertiary/aromatic N) is 1. The molecule has 0 bridgehead atoms. The molecule has 1 aromatic heterocycles. The average Bonchev–Trinajstić information content (AvgIpc) is 2.28. The summed E-state index contributed by atoms with van der Waals surface area (Å²) in [4.78, 5) is 26.7. The van der Waals surface area contributed by atoms with E-state index in [4.69, 9.17) is 5.11 Å². The van der Waals surface area contributed by atoms with Crippen LogP contribution in [0.25, 0.3) is 0 Å². The second-order valence-corrected chi connectivity index (χ2v) is 4.59. The lowest BCUT2D eigenvalue weighted by molar-refractivity contribution is -0.142. The van der Waals surface area contributed by atoms with Gasteiger partial charge in [0.1, 0.15) is 6.04 Å². The number of hydrogen-bond acceptors (Lipinski definition) is 3. The topological polar surface area (TPSA) is 79.3 Å². The van der Waals surface area contributed by atoms with Gasteiger partial charge in [-0.3, -0.25) is 9.78 Å². The molecule has 1 heterocycles. The Labute approximate surface area is 106 Å². The Morgan fingerprint density at radius 1 is 1.39 bits per heavy atom. The zero-order valence-electron chi connectivity index (χ0n) is 10.6. The highest BCUT2D eigenvalue weighted by molar-refractivity contribution is 5.84. The molecule has 0 saturated heterocycles. The van der Waals surface area contributed by atoms with Gasteiger partial charge in [-0.2, -0.15) is 0 Å². The lowest BCUT2D eigenvalue weighted by Gasteiger charge is -2.16. The zero-order chi connectivity index (χ0) is 13.5. The summed E-state index contributed by atoms with van der Waals surface area (Å²) in [6.07, 6.45) is 2.12. The van der Waals surface area contributed by atoms with Gasteiger partial charge in [0.2, 0.25) is 5.91 Å². The standard InChI is InChI=1S/C13H18N2O3/c1-9(2)7-11(13(17)18)15-12(16)8-10-5-3-4-6-14-10/h3-6,9,11H,7-8H2,1-2H3,(H,15,16)(H,17,18)/t11-/m1/s1. The molecule has 98 valence electrons. The first kappa shape index (κ1) is 14.2. The molecule has 0 saturated carbocycles. The Morgan fingerprint density at radius 3 is 2.61 bits per heavy atom. The van der Waals surface area contributed by atoms with Crippen molar-refractivity contribution >= 4 is 11.9 Å². The minimum absolute atomic E-state index is 0.0999. The molecule has 0 aliphatic heterocycles. The molecule has 2 N–H and O–H groups in total. The summed E-state index contributed by atoms with van der Waals surface area (Å²) in [7, 11) is 0. The number of nitrogens with one attached hydrogen (secondary N) is 1. The second-order valence-electron chi connectivity index (χ2n) is 4.59. The third-order valence-corrected chi connectivity index (χ3v) is 2.41. The van der Waals surface area contributed by atoms with Gasteiger partial charge in [-0.05, 0) is 24.5 Å². The van der Waals surface area contributed by atoms with E-state index < -0.39 is 12.0 Å². The lowest BCUT2D eigenvalue weighted by atomic mass is 10.0. The molecular weight excluding hydrogens is 232 g/mol. The summed E-state index contributed by atoms with van der Waals surface area (Å²) in [5.74, 6) is -1.11. The quantitative estimate of drug-likeness (QED) is 0.796. The fourth-order valence-corrected chi connectivity index (χ4v) is 1.61. The molecule has 0 aliphatic carbocycles. The summed E-state index contributed by atoms with van der Waals surface area (Å²) in [6, 6.07) is 4.46. The van der Waals surface area contributed by atoms with Crippen LogP contribution in [0.4, 0.5) is 0 Å². The number of rotatable bonds is 6. The molecule has 0 unspecified atom stereocenters. The molecule has 1 aromatic rings. The molecule has 0 aliphatic rings. The van der Waals surface area contributed by atoms with E-state index in [0.717, 1.165) is 0 Å². The smallest absolute Gasteiger partial charge is 0.326 e. The number of aromatic nitrogens is 1. The Bertz CT molecular complexity index is 404. The van der Waals surface area contributed by atoms with Crippen LogP contribution in [-0.2, 0) is 16.0 Å². The highest BCUT2D eigenvalue weighted by atomic mass is 16.4. The number of carbonyl (C=O) groups is 2. The number of aliphatic carboxylic acids is 1. The third kappa shape index (κ3) is 4.95. The number of amides is 1. The van der Waals surface area contributed by atoms with E-state index in [0.29, 0.717) is 12.1 Å². The van der Waals surface area contributed by atoms with E-state index in [9.17, 15) is 9.59 Å². The minimum Gasteiger partial charge on any atom is -0.480 e. The second kappa shape index (κ2) is 6.74. The van der Waals surface area contributed by atoms with Crippen molar-refractivity contribution in [3.63, 3.8) is 0 Å². The predicted octanol–water partition coefficient (Wildman–Crippen LogP) is 1.24. The van der Waals surface area contributed by atoms with Crippen LogP contribution in [0.1, 0.15) is 26.0 Å². The summed E-state index contributed by atoms with van der Waals surface area (Å²) < 4.78 is 0. The maximum atomic E-state index is 11.7. The van der Waals surface area contributed by atoms with Gasteiger partial charge in [0.15, 0.2) is 0 Å². The van der Waals surface area contributed by atoms with Gasteiger partial charge in [-0.25, -0.2) is 4.79 Å². The van der Waals surface area contributed by atoms with Crippen molar-refractivity contribution in [3.8, 4) is 0 Å². The molecule has 18 heavy (non-hydrogen) atoms. The minimum atomic E-state index is -1.00. The SMILES string of the molecule is CC(C)C[C@@H](NC(=O)Cc1ccccn1)C(=O)O. The van der Waals surface area contributed by atoms with Crippen LogP contribution in [0, 0.1) is 5.92 Å². The summed E-state index contributed by atoms with van der Waals surface area (Å²) in [6.45, 7) is 3.84. The number of pyridine rings is 1. The van der Waals surface area contributed by atoms with Crippen molar-refractivity contribution in [3.05, 3.63) is 30.1 Å². The molecule has 0 fully saturated rings. The molecule has 0 spiro atoms. The molecule has 0 aromatic carbocycles. The maximum absolute atomic E-state index is 11.7. The van der Waals surface area contributed by atoms with Crippen molar-refractivity contribution in [2.45, 2.75) is 32.7 Å². The van der Waals surface area contributed by atoms with E-state index in [1.165, 1.54) is 0 Å². The number of hydrogen-bond donors (Lipinski definition) is 2. The Hall–Kier alpha value is -1.91. The number of carboxylic acid groups (broad SMARTS) is 1. The van der Waals surface area contributed by atoms with Gasteiger partial charge in [-0.1, -0.05) is 19.9 Å². The van der Waals surface area contributed by atoms with Crippen molar-refractivity contribution < 1.29 is 14.7 Å². The fraction of sp³-hybridized carbons (Fsp3) is 0.462. The largest absolute Gasteiger partial charge is 0.480 e. The van der Waals surface area contributed by atoms with E-state index >= 15 is 0 Å². The normalized spacial score (nSPS) is 12.2. The maximum Gasteiger partial charge on any atom is 0.326 e. The van der Waals surface area contributed by atoms with Gasteiger partial charge in [0.05, 0.1) is 6.42 Å². The van der Waals surface area contributed by atoms with Gasteiger partial charge >= 0.3 is 5.97 Å². The van der Waals surface area contributed by atoms with E-state index in [1.807, 2.05) is 13.8 Å². The first-order valence-corrected chi connectivity index (χ1v) is 5.91.